The number of nitriles is 1. The molecule has 8 heteroatoms. The molecule has 0 radical (unpaired) electrons. The van der Waals surface area contributed by atoms with Crippen molar-refractivity contribution in [3.63, 3.8) is 0 Å². The van der Waals surface area contributed by atoms with Crippen LogP contribution in [0.2, 0.25) is 0 Å². The van der Waals surface area contributed by atoms with Crippen molar-refractivity contribution in [2.75, 3.05) is 11.9 Å². The zero-order valence-corrected chi connectivity index (χ0v) is 18.6. The summed E-state index contributed by atoms with van der Waals surface area (Å²) in [4.78, 5) is 0. The minimum Gasteiger partial charge on any atom is -0.383 e. The summed E-state index contributed by atoms with van der Waals surface area (Å²) in [5.74, 6) is 0. The fraction of sp³-hybridized carbons (Fsp3) is 0.190. The van der Waals surface area contributed by atoms with Gasteiger partial charge in [0, 0.05) is 24.8 Å². The van der Waals surface area contributed by atoms with Gasteiger partial charge in [-0.15, -0.1) is 11.3 Å². The number of rotatable bonds is 4. The first-order chi connectivity index (χ1) is 14.0. The number of thiophene rings is 1. The number of nitrogens with zero attached hydrogens (tertiary/aromatic N) is 2. The van der Waals surface area contributed by atoms with Crippen molar-refractivity contribution < 1.29 is 8.42 Å². The highest BCUT2D eigenvalue weighted by Gasteiger charge is 2.35. The van der Waals surface area contributed by atoms with E-state index < -0.39 is 10.0 Å². The number of benzene rings is 2. The largest absolute Gasteiger partial charge is 0.383 e. The van der Waals surface area contributed by atoms with Gasteiger partial charge in [-0.1, -0.05) is 30.3 Å². The Labute approximate surface area is 182 Å². The summed E-state index contributed by atoms with van der Waals surface area (Å²) < 4.78 is 29.7. The second-order valence-corrected chi connectivity index (χ2v) is 11.4. The summed E-state index contributed by atoms with van der Waals surface area (Å²) in [6.45, 7) is 0.701. The Balaban J connectivity index is 1.76. The van der Waals surface area contributed by atoms with Crippen LogP contribution in [-0.2, 0) is 23.0 Å². The highest BCUT2D eigenvalue weighted by molar-refractivity contribution is 9.11. The van der Waals surface area contributed by atoms with Crippen LogP contribution in [0, 0.1) is 11.3 Å². The van der Waals surface area contributed by atoms with E-state index >= 15 is 0 Å². The van der Waals surface area contributed by atoms with E-state index in [2.05, 4.69) is 27.3 Å². The van der Waals surface area contributed by atoms with Gasteiger partial charge in [0.2, 0.25) is 0 Å². The molecule has 4 rings (SSSR count). The Hall–Kier alpha value is -2.18. The van der Waals surface area contributed by atoms with Crippen LogP contribution in [0.5, 0.6) is 0 Å². The van der Waals surface area contributed by atoms with E-state index in [0.717, 1.165) is 20.6 Å². The molecule has 1 aromatic heterocycles. The van der Waals surface area contributed by atoms with Gasteiger partial charge in [-0.25, -0.2) is 8.42 Å². The SMILES string of the molecule is N#Cc1ccc2c(c1)CN(S(=O)(=O)c1ccc(Br)s1)[C@H](Cc1ccccc1)CN2. The molecule has 3 aromatic rings. The standard InChI is InChI=1S/C21H18BrN3O2S2/c22-20-8-9-21(28-20)29(26,27)25-14-17-10-16(12-23)6-7-19(17)24-13-18(25)11-15-4-2-1-3-5-15/h1-10,18,24H,11,13-14H2/t18-/m1/s1. The van der Waals surface area contributed by atoms with Gasteiger partial charge in [0.1, 0.15) is 4.21 Å². The quantitative estimate of drug-likeness (QED) is 0.582. The van der Waals surface area contributed by atoms with Crippen LogP contribution in [-0.4, -0.2) is 25.3 Å². The van der Waals surface area contributed by atoms with Gasteiger partial charge in [0.25, 0.3) is 10.0 Å². The third-order valence-corrected chi connectivity index (χ3v) is 8.91. The topological polar surface area (TPSA) is 73.2 Å². The average Bonchev–Trinajstić information content (AvgIpc) is 3.09. The third-order valence-electron chi connectivity index (χ3n) is 4.92. The Kier molecular flexibility index (Phi) is 5.74. The Morgan fingerprint density at radius 2 is 1.97 bits per heavy atom. The summed E-state index contributed by atoms with van der Waals surface area (Å²) in [6.07, 6.45) is 0.596. The molecule has 0 saturated heterocycles. The van der Waals surface area contributed by atoms with Crippen LogP contribution < -0.4 is 5.32 Å². The predicted octanol–water partition coefficient (Wildman–Crippen LogP) is 4.61. The summed E-state index contributed by atoms with van der Waals surface area (Å²) in [5, 5.41) is 12.6. The molecule has 1 aliphatic rings. The van der Waals surface area contributed by atoms with Crippen molar-refractivity contribution in [2.45, 2.75) is 23.2 Å². The molecule has 0 spiro atoms. The first kappa shape index (κ1) is 20.1. The van der Waals surface area contributed by atoms with Gasteiger partial charge in [-0.05, 0) is 63.8 Å². The maximum Gasteiger partial charge on any atom is 0.253 e. The summed E-state index contributed by atoms with van der Waals surface area (Å²) in [6, 6.07) is 20.5. The smallest absolute Gasteiger partial charge is 0.253 e. The highest BCUT2D eigenvalue weighted by atomic mass is 79.9. The van der Waals surface area contributed by atoms with Gasteiger partial charge in [-0.3, -0.25) is 0 Å². The Morgan fingerprint density at radius 3 is 2.66 bits per heavy atom. The lowest BCUT2D eigenvalue weighted by atomic mass is 10.1. The number of hydrogen-bond donors (Lipinski definition) is 1. The molecule has 2 aromatic carbocycles. The lowest BCUT2D eigenvalue weighted by Crippen LogP contribution is -2.43. The van der Waals surface area contributed by atoms with Crippen molar-refractivity contribution in [1.82, 2.24) is 4.31 Å². The summed E-state index contributed by atoms with van der Waals surface area (Å²) in [7, 11) is -3.70. The number of halogens is 1. The Morgan fingerprint density at radius 1 is 1.17 bits per heavy atom. The zero-order chi connectivity index (χ0) is 20.4. The van der Waals surface area contributed by atoms with Crippen molar-refractivity contribution in [1.29, 1.82) is 5.26 Å². The number of fused-ring (bicyclic) bond motifs is 1. The van der Waals surface area contributed by atoms with E-state index in [0.29, 0.717) is 22.7 Å². The van der Waals surface area contributed by atoms with Crippen LogP contribution in [0.1, 0.15) is 16.7 Å². The molecule has 0 bridgehead atoms. The second-order valence-electron chi connectivity index (χ2n) is 6.82. The zero-order valence-electron chi connectivity index (χ0n) is 15.4. The highest BCUT2D eigenvalue weighted by Crippen LogP contribution is 2.33. The van der Waals surface area contributed by atoms with E-state index in [1.807, 2.05) is 36.4 Å². The van der Waals surface area contributed by atoms with Gasteiger partial charge < -0.3 is 5.32 Å². The van der Waals surface area contributed by atoms with E-state index in [1.54, 1.807) is 28.6 Å². The number of hydrogen-bond acceptors (Lipinski definition) is 5. The molecule has 0 fully saturated rings. The molecule has 5 nitrogen and oxygen atoms in total. The molecule has 0 saturated carbocycles. The van der Waals surface area contributed by atoms with Crippen LogP contribution in [0.15, 0.2) is 68.7 Å². The number of nitrogens with one attached hydrogen (secondary N) is 1. The minimum atomic E-state index is -3.70. The maximum atomic E-state index is 13.5. The molecule has 0 amide bonds. The first-order valence-corrected chi connectivity index (χ1v) is 12.1. The van der Waals surface area contributed by atoms with E-state index in [4.69, 9.17) is 0 Å². The molecule has 0 unspecified atom stereocenters. The van der Waals surface area contributed by atoms with Crippen molar-refractivity contribution in [3.8, 4) is 6.07 Å². The molecule has 148 valence electrons. The molecule has 0 aliphatic carbocycles. The van der Waals surface area contributed by atoms with Gasteiger partial charge in [0.05, 0.1) is 15.4 Å². The van der Waals surface area contributed by atoms with Crippen LogP contribution in [0.3, 0.4) is 0 Å². The molecule has 1 atom stereocenters. The fourth-order valence-corrected chi connectivity index (χ4v) is 7.23. The minimum absolute atomic E-state index is 0.215. The lowest BCUT2D eigenvalue weighted by molar-refractivity contribution is 0.326. The second kappa shape index (κ2) is 8.28. The third kappa shape index (κ3) is 4.23. The summed E-state index contributed by atoms with van der Waals surface area (Å²) >= 11 is 4.57. The normalized spacial score (nSPS) is 17.0. The van der Waals surface area contributed by atoms with E-state index in [9.17, 15) is 13.7 Å². The van der Waals surface area contributed by atoms with Crippen LogP contribution in [0.25, 0.3) is 0 Å². The molecule has 1 N–H and O–H groups in total. The van der Waals surface area contributed by atoms with Crippen molar-refractivity contribution in [3.05, 3.63) is 81.1 Å². The monoisotopic (exact) mass is 487 g/mol. The van der Waals surface area contributed by atoms with E-state index in [1.165, 1.54) is 11.3 Å². The van der Waals surface area contributed by atoms with Crippen LogP contribution >= 0.6 is 27.3 Å². The number of sulfonamides is 1. The maximum absolute atomic E-state index is 13.5. The Bertz CT molecular complexity index is 1170. The van der Waals surface area contributed by atoms with Gasteiger partial charge in [0.15, 0.2) is 0 Å². The van der Waals surface area contributed by atoms with Gasteiger partial charge in [-0.2, -0.15) is 9.57 Å². The predicted molar refractivity (Wildman–Crippen MR) is 118 cm³/mol. The molecule has 1 aliphatic heterocycles. The average molecular weight is 488 g/mol. The summed E-state index contributed by atoms with van der Waals surface area (Å²) in [5.41, 5.74) is 3.27. The molecular formula is C21H18BrN3O2S2. The van der Waals surface area contributed by atoms with Crippen LogP contribution in [0.4, 0.5) is 5.69 Å². The van der Waals surface area contributed by atoms with E-state index in [-0.39, 0.29) is 12.6 Å². The fourth-order valence-electron chi connectivity index (χ4n) is 3.49. The first-order valence-electron chi connectivity index (χ1n) is 9.05. The van der Waals surface area contributed by atoms with Crippen molar-refractivity contribution >= 4 is 43.0 Å². The van der Waals surface area contributed by atoms with Crippen molar-refractivity contribution in [2.24, 2.45) is 0 Å². The molecular weight excluding hydrogens is 470 g/mol. The molecule has 2 heterocycles. The lowest BCUT2D eigenvalue weighted by Gasteiger charge is -2.28. The number of anilines is 1. The van der Waals surface area contributed by atoms with Gasteiger partial charge >= 0.3 is 0 Å². The molecule has 29 heavy (non-hydrogen) atoms.